The van der Waals surface area contributed by atoms with Crippen LogP contribution in [0, 0.1) is 13.8 Å². The summed E-state index contributed by atoms with van der Waals surface area (Å²) in [5.41, 5.74) is 0.942. The molecular formula is C20H25N3O7S2. The third-order valence-electron chi connectivity index (χ3n) is 4.44. The van der Waals surface area contributed by atoms with Gasteiger partial charge in [0.05, 0.1) is 23.3 Å². The predicted molar refractivity (Wildman–Crippen MR) is 121 cm³/mol. The lowest BCUT2D eigenvalue weighted by atomic mass is 10.1. The van der Waals surface area contributed by atoms with E-state index in [-0.39, 0.29) is 27.8 Å². The van der Waals surface area contributed by atoms with Gasteiger partial charge in [-0.05, 0) is 37.6 Å². The maximum absolute atomic E-state index is 12.6. The molecule has 1 heterocycles. The molecule has 0 aliphatic rings. The number of nitrogens with one attached hydrogen (secondary N) is 2. The number of esters is 1. The van der Waals surface area contributed by atoms with E-state index in [1.165, 1.54) is 57.7 Å². The number of nitrogens with zero attached hydrogens (tertiary/aromatic N) is 1. The van der Waals surface area contributed by atoms with Gasteiger partial charge in [-0.1, -0.05) is 0 Å². The minimum Gasteiger partial charge on any atom is -0.495 e. The average molecular weight is 484 g/mol. The van der Waals surface area contributed by atoms with E-state index in [0.717, 1.165) is 9.18 Å². The number of benzene rings is 1. The minimum absolute atomic E-state index is 0.0417. The first-order valence-corrected chi connectivity index (χ1v) is 11.6. The summed E-state index contributed by atoms with van der Waals surface area (Å²) in [6.45, 7) is 4.22. The first-order chi connectivity index (χ1) is 14.9. The number of thiophene rings is 1. The summed E-state index contributed by atoms with van der Waals surface area (Å²) in [6, 6.07) is 4.03. The molecule has 1 aromatic heterocycles. The van der Waals surface area contributed by atoms with Gasteiger partial charge in [0, 0.05) is 25.9 Å². The van der Waals surface area contributed by atoms with Gasteiger partial charge in [0.15, 0.2) is 6.61 Å². The van der Waals surface area contributed by atoms with Crippen LogP contribution in [0.1, 0.15) is 27.7 Å². The van der Waals surface area contributed by atoms with Crippen molar-refractivity contribution < 1.29 is 32.3 Å². The highest BCUT2D eigenvalue weighted by Gasteiger charge is 2.23. The van der Waals surface area contributed by atoms with Gasteiger partial charge in [-0.3, -0.25) is 9.59 Å². The number of hydrogen-bond acceptors (Lipinski definition) is 8. The fourth-order valence-electron chi connectivity index (χ4n) is 2.67. The van der Waals surface area contributed by atoms with E-state index in [9.17, 15) is 22.8 Å². The number of rotatable bonds is 8. The van der Waals surface area contributed by atoms with Crippen molar-refractivity contribution in [1.29, 1.82) is 0 Å². The molecule has 0 aliphatic carbocycles. The number of ether oxygens (including phenoxy) is 2. The smallest absolute Gasteiger partial charge is 0.341 e. The van der Waals surface area contributed by atoms with E-state index in [2.05, 4.69) is 10.6 Å². The second-order valence-electron chi connectivity index (χ2n) is 6.94. The number of hydrogen-bond donors (Lipinski definition) is 2. The van der Waals surface area contributed by atoms with Crippen LogP contribution in [0.15, 0.2) is 23.1 Å². The molecule has 32 heavy (non-hydrogen) atoms. The molecule has 2 rings (SSSR count). The molecule has 10 nitrogen and oxygen atoms in total. The van der Waals surface area contributed by atoms with Gasteiger partial charge in [0.25, 0.3) is 5.91 Å². The number of aryl methyl sites for hydroxylation is 1. The molecule has 0 saturated heterocycles. The van der Waals surface area contributed by atoms with Crippen LogP contribution in [0.25, 0.3) is 0 Å². The summed E-state index contributed by atoms with van der Waals surface area (Å²) in [5.74, 6) is -1.55. The van der Waals surface area contributed by atoms with Crippen molar-refractivity contribution in [2.24, 2.45) is 0 Å². The maximum atomic E-state index is 12.6. The first-order valence-electron chi connectivity index (χ1n) is 9.33. The van der Waals surface area contributed by atoms with Crippen LogP contribution in [0.2, 0.25) is 0 Å². The van der Waals surface area contributed by atoms with Crippen LogP contribution in [0.4, 0.5) is 10.7 Å². The molecule has 0 radical (unpaired) electrons. The Morgan fingerprint density at radius 1 is 1.12 bits per heavy atom. The zero-order valence-corrected chi connectivity index (χ0v) is 20.2. The fraction of sp³-hybridized carbons (Fsp3) is 0.350. The quantitative estimate of drug-likeness (QED) is 0.551. The van der Waals surface area contributed by atoms with Crippen LogP contribution in [0.5, 0.6) is 5.75 Å². The van der Waals surface area contributed by atoms with Gasteiger partial charge in [-0.15, -0.1) is 11.3 Å². The van der Waals surface area contributed by atoms with Crippen molar-refractivity contribution in [2.45, 2.75) is 25.7 Å². The Kier molecular flexibility index (Phi) is 7.99. The summed E-state index contributed by atoms with van der Waals surface area (Å²) >= 11 is 1.23. The molecule has 0 atom stereocenters. The average Bonchev–Trinajstić information content (AvgIpc) is 2.98. The Bertz CT molecular complexity index is 1150. The molecule has 2 aromatic rings. The van der Waals surface area contributed by atoms with Gasteiger partial charge in [-0.25, -0.2) is 17.5 Å². The molecule has 1 aromatic carbocycles. The second kappa shape index (κ2) is 10.1. The van der Waals surface area contributed by atoms with E-state index in [1.807, 2.05) is 0 Å². The van der Waals surface area contributed by atoms with Crippen LogP contribution in [-0.2, 0) is 24.3 Å². The molecule has 0 spiro atoms. The lowest BCUT2D eigenvalue weighted by molar-refractivity contribution is -0.119. The third-order valence-corrected chi connectivity index (χ3v) is 7.37. The topological polar surface area (TPSA) is 131 Å². The molecule has 0 bridgehead atoms. The Hall–Kier alpha value is -2.96. The zero-order valence-electron chi connectivity index (χ0n) is 18.6. The third kappa shape index (κ3) is 5.64. The van der Waals surface area contributed by atoms with Crippen LogP contribution < -0.4 is 15.4 Å². The Morgan fingerprint density at radius 3 is 2.34 bits per heavy atom. The first kappa shape index (κ1) is 25.3. The van der Waals surface area contributed by atoms with Crippen molar-refractivity contribution in [2.75, 3.05) is 38.4 Å². The molecule has 12 heteroatoms. The van der Waals surface area contributed by atoms with Gasteiger partial charge in [-0.2, -0.15) is 0 Å². The molecular weight excluding hydrogens is 458 g/mol. The number of amides is 2. The Morgan fingerprint density at radius 2 is 1.78 bits per heavy atom. The van der Waals surface area contributed by atoms with E-state index in [1.54, 1.807) is 13.8 Å². The van der Waals surface area contributed by atoms with Crippen molar-refractivity contribution in [3.63, 3.8) is 0 Å². The van der Waals surface area contributed by atoms with Crippen LogP contribution >= 0.6 is 11.3 Å². The van der Waals surface area contributed by atoms with Gasteiger partial charge < -0.3 is 20.1 Å². The molecule has 0 aliphatic heterocycles. The molecule has 174 valence electrons. The lowest BCUT2D eigenvalue weighted by Gasteiger charge is -2.15. The van der Waals surface area contributed by atoms with Gasteiger partial charge >= 0.3 is 5.97 Å². The van der Waals surface area contributed by atoms with Crippen molar-refractivity contribution >= 4 is 49.8 Å². The van der Waals surface area contributed by atoms with E-state index < -0.39 is 28.5 Å². The normalized spacial score (nSPS) is 11.2. The van der Waals surface area contributed by atoms with Gasteiger partial charge in [0.1, 0.15) is 10.8 Å². The number of anilines is 2. The number of methoxy groups -OCH3 is 1. The van der Waals surface area contributed by atoms with Crippen LogP contribution in [0.3, 0.4) is 0 Å². The van der Waals surface area contributed by atoms with E-state index in [0.29, 0.717) is 10.6 Å². The van der Waals surface area contributed by atoms with Crippen molar-refractivity contribution in [1.82, 2.24) is 4.31 Å². The van der Waals surface area contributed by atoms with Crippen LogP contribution in [-0.4, -0.2) is 58.3 Å². The summed E-state index contributed by atoms with van der Waals surface area (Å²) in [5, 5.41) is 5.43. The molecule has 2 amide bonds. The monoisotopic (exact) mass is 483 g/mol. The number of sulfonamides is 1. The summed E-state index contributed by atoms with van der Waals surface area (Å²) in [4.78, 5) is 37.1. The molecule has 2 N–H and O–H groups in total. The second-order valence-corrected chi connectivity index (χ2v) is 10.3. The highest BCUT2D eigenvalue weighted by molar-refractivity contribution is 7.89. The largest absolute Gasteiger partial charge is 0.495 e. The maximum Gasteiger partial charge on any atom is 0.341 e. The minimum atomic E-state index is -3.73. The predicted octanol–water partition coefficient (Wildman–Crippen LogP) is 2.38. The zero-order chi connectivity index (χ0) is 24.2. The highest BCUT2D eigenvalue weighted by atomic mass is 32.2. The van der Waals surface area contributed by atoms with Gasteiger partial charge in [0.2, 0.25) is 15.9 Å². The number of carbonyl (C=O) groups excluding carboxylic acids is 3. The molecule has 0 unspecified atom stereocenters. The SMILES string of the molecule is COc1ccc(S(=O)(=O)N(C)C)cc1NC(=O)COC(=O)c1c(NC(C)=O)sc(C)c1C. The Labute approximate surface area is 190 Å². The van der Waals surface area contributed by atoms with E-state index in [4.69, 9.17) is 9.47 Å². The highest BCUT2D eigenvalue weighted by Crippen LogP contribution is 2.33. The standard InChI is InChI=1S/C20H25N3O7S2/c1-11-12(2)31-19(21-13(3)24)18(11)20(26)30-10-17(25)22-15-9-14(7-8-16(15)29-6)32(27,28)23(4)5/h7-9H,10H2,1-6H3,(H,21,24)(H,22,25). The lowest BCUT2D eigenvalue weighted by Crippen LogP contribution is -2.24. The molecule has 0 fully saturated rings. The Balaban J connectivity index is 2.17. The van der Waals surface area contributed by atoms with E-state index >= 15 is 0 Å². The van der Waals surface area contributed by atoms with Crippen molar-refractivity contribution in [3.05, 3.63) is 34.2 Å². The molecule has 0 saturated carbocycles. The van der Waals surface area contributed by atoms with Crippen molar-refractivity contribution in [3.8, 4) is 5.75 Å². The number of carbonyl (C=O) groups is 3. The summed E-state index contributed by atoms with van der Waals surface area (Å²) in [6.07, 6.45) is 0. The fourth-order valence-corrected chi connectivity index (χ4v) is 4.69. The summed E-state index contributed by atoms with van der Waals surface area (Å²) < 4.78 is 36.1. The summed E-state index contributed by atoms with van der Waals surface area (Å²) in [7, 11) is 0.419.